The Morgan fingerprint density at radius 1 is 1.33 bits per heavy atom. The number of benzene rings is 1. The summed E-state index contributed by atoms with van der Waals surface area (Å²) in [6, 6.07) is 5.19. The lowest BCUT2D eigenvalue weighted by Gasteiger charge is -2.12. The molecule has 18 heavy (non-hydrogen) atoms. The van der Waals surface area contributed by atoms with Crippen molar-refractivity contribution in [3.05, 3.63) is 34.1 Å². The molecule has 96 valence electrons. The lowest BCUT2D eigenvalue weighted by Crippen LogP contribution is -2.04. The summed E-state index contributed by atoms with van der Waals surface area (Å²) < 4.78 is 14.7. The Labute approximate surface area is 115 Å². The number of aryl methyl sites for hydroxylation is 1. The van der Waals surface area contributed by atoms with E-state index in [1.54, 1.807) is 6.07 Å². The van der Waals surface area contributed by atoms with Crippen LogP contribution in [0.2, 0.25) is 0 Å². The van der Waals surface area contributed by atoms with E-state index in [1.807, 2.05) is 13.0 Å². The summed E-state index contributed by atoms with van der Waals surface area (Å²) >= 11 is 3.45. The lowest BCUT2D eigenvalue weighted by atomic mass is 10.1. The normalized spacial score (nSPS) is 10.9. The molecule has 4 heteroatoms. The average Bonchev–Trinajstić information content (AvgIpc) is 2.36. The van der Waals surface area contributed by atoms with E-state index in [2.05, 4.69) is 33.2 Å². The van der Waals surface area contributed by atoms with Crippen molar-refractivity contribution in [2.24, 2.45) is 0 Å². The zero-order chi connectivity index (χ0) is 13.1. The second-order valence-corrected chi connectivity index (χ2v) is 5.06. The zero-order valence-corrected chi connectivity index (χ0v) is 12.1. The molecule has 1 aromatic heterocycles. The molecule has 0 spiro atoms. The van der Waals surface area contributed by atoms with E-state index in [0.717, 1.165) is 40.6 Å². The molecule has 0 saturated heterocycles. The summed E-state index contributed by atoms with van der Waals surface area (Å²) in [6.07, 6.45) is 1.98. The summed E-state index contributed by atoms with van der Waals surface area (Å²) in [5, 5.41) is 4.04. The van der Waals surface area contributed by atoms with Gasteiger partial charge in [-0.1, -0.05) is 29.3 Å². The number of hydrogen-bond donors (Lipinski definition) is 1. The van der Waals surface area contributed by atoms with E-state index in [4.69, 9.17) is 0 Å². The van der Waals surface area contributed by atoms with Crippen molar-refractivity contribution >= 4 is 32.7 Å². The first kappa shape index (κ1) is 13.3. The standard InChI is InChI=1S/C14H16BrFN2/c1-3-5-9-8-10-11(15)6-7-12(16)13(10)18-14(9)17-4-2/h6-8H,3-5H2,1-2H3,(H,17,18). The van der Waals surface area contributed by atoms with Crippen LogP contribution >= 0.6 is 15.9 Å². The minimum absolute atomic E-state index is 0.282. The van der Waals surface area contributed by atoms with Gasteiger partial charge < -0.3 is 5.32 Å². The number of rotatable bonds is 4. The fourth-order valence-corrected chi connectivity index (χ4v) is 2.45. The molecule has 0 fully saturated rings. The topological polar surface area (TPSA) is 24.9 Å². The van der Waals surface area contributed by atoms with Crippen LogP contribution in [-0.4, -0.2) is 11.5 Å². The van der Waals surface area contributed by atoms with E-state index in [9.17, 15) is 4.39 Å². The maximum absolute atomic E-state index is 13.8. The molecular weight excluding hydrogens is 295 g/mol. The van der Waals surface area contributed by atoms with Gasteiger partial charge in [0.15, 0.2) is 0 Å². The smallest absolute Gasteiger partial charge is 0.149 e. The Morgan fingerprint density at radius 3 is 2.78 bits per heavy atom. The van der Waals surface area contributed by atoms with Gasteiger partial charge in [0.2, 0.25) is 0 Å². The number of hydrogen-bond acceptors (Lipinski definition) is 2. The molecule has 0 aliphatic rings. The quantitative estimate of drug-likeness (QED) is 0.898. The summed E-state index contributed by atoms with van der Waals surface area (Å²) in [4.78, 5) is 4.43. The predicted octanol–water partition coefficient (Wildman–Crippen LogP) is 4.52. The number of anilines is 1. The SMILES string of the molecule is CCCc1cc2c(Br)ccc(F)c2nc1NCC. The van der Waals surface area contributed by atoms with Gasteiger partial charge in [0, 0.05) is 16.4 Å². The minimum Gasteiger partial charge on any atom is -0.370 e. The molecule has 0 radical (unpaired) electrons. The molecule has 2 aromatic rings. The van der Waals surface area contributed by atoms with Crippen LogP contribution in [-0.2, 0) is 6.42 Å². The van der Waals surface area contributed by atoms with Gasteiger partial charge in [-0.2, -0.15) is 0 Å². The summed E-state index contributed by atoms with van der Waals surface area (Å²) in [5.74, 6) is 0.513. The molecular formula is C14H16BrFN2. The largest absolute Gasteiger partial charge is 0.370 e. The van der Waals surface area contributed by atoms with Gasteiger partial charge >= 0.3 is 0 Å². The van der Waals surface area contributed by atoms with Gasteiger partial charge in [-0.3, -0.25) is 0 Å². The first-order chi connectivity index (χ1) is 8.67. The molecule has 0 aliphatic carbocycles. The number of pyridine rings is 1. The molecule has 0 amide bonds. The highest BCUT2D eigenvalue weighted by Gasteiger charge is 2.11. The highest BCUT2D eigenvalue weighted by molar-refractivity contribution is 9.10. The highest BCUT2D eigenvalue weighted by atomic mass is 79.9. The number of aromatic nitrogens is 1. The molecule has 0 saturated carbocycles. The van der Waals surface area contributed by atoms with Crippen LogP contribution in [0.1, 0.15) is 25.8 Å². The van der Waals surface area contributed by atoms with E-state index in [0.29, 0.717) is 5.52 Å². The van der Waals surface area contributed by atoms with E-state index in [-0.39, 0.29) is 5.82 Å². The van der Waals surface area contributed by atoms with Crippen LogP contribution in [0, 0.1) is 5.82 Å². The van der Waals surface area contributed by atoms with Gasteiger partial charge in [-0.15, -0.1) is 0 Å². The zero-order valence-electron chi connectivity index (χ0n) is 10.6. The Bertz CT molecular complexity index is 519. The van der Waals surface area contributed by atoms with Gasteiger partial charge in [0.1, 0.15) is 17.2 Å². The van der Waals surface area contributed by atoms with Crippen molar-refractivity contribution in [2.75, 3.05) is 11.9 Å². The number of nitrogens with zero attached hydrogens (tertiary/aromatic N) is 1. The van der Waals surface area contributed by atoms with Crippen LogP contribution < -0.4 is 5.32 Å². The van der Waals surface area contributed by atoms with Crippen molar-refractivity contribution in [3.63, 3.8) is 0 Å². The van der Waals surface area contributed by atoms with Gasteiger partial charge in [-0.05, 0) is 37.1 Å². The summed E-state index contributed by atoms with van der Waals surface area (Å²) in [7, 11) is 0. The number of fused-ring (bicyclic) bond motifs is 1. The maximum Gasteiger partial charge on any atom is 0.149 e. The highest BCUT2D eigenvalue weighted by Crippen LogP contribution is 2.29. The summed E-state index contributed by atoms with van der Waals surface area (Å²) in [6.45, 7) is 4.92. The van der Waals surface area contributed by atoms with Crippen LogP contribution in [0.3, 0.4) is 0 Å². The molecule has 0 aliphatic heterocycles. The predicted molar refractivity (Wildman–Crippen MR) is 77.6 cm³/mol. The number of halogens is 2. The van der Waals surface area contributed by atoms with Crippen molar-refractivity contribution in [1.82, 2.24) is 4.98 Å². The van der Waals surface area contributed by atoms with Crippen LogP contribution in [0.5, 0.6) is 0 Å². The Hall–Kier alpha value is -1.16. The fourth-order valence-electron chi connectivity index (χ4n) is 2.01. The molecule has 1 aromatic carbocycles. The van der Waals surface area contributed by atoms with Crippen LogP contribution in [0.4, 0.5) is 10.2 Å². The van der Waals surface area contributed by atoms with E-state index >= 15 is 0 Å². The third-order valence-corrected chi connectivity index (χ3v) is 3.52. The molecule has 0 unspecified atom stereocenters. The van der Waals surface area contributed by atoms with Gasteiger partial charge in [-0.25, -0.2) is 9.37 Å². The Balaban J connectivity index is 2.67. The molecule has 1 N–H and O–H groups in total. The van der Waals surface area contributed by atoms with Crippen LogP contribution in [0.15, 0.2) is 22.7 Å². The van der Waals surface area contributed by atoms with Crippen molar-refractivity contribution in [3.8, 4) is 0 Å². The van der Waals surface area contributed by atoms with Crippen LogP contribution in [0.25, 0.3) is 10.9 Å². The van der Waals surface area contributed by atoms with E-state index in [1.165, 1.54) is 6.07 Å². The first-order valence-corrected chi connectivity index (χ1v) is 6.98. The molecule has 2 rings (SSSR count). The second kappa shape index (κ2) is 5.65. The third-order valence-electron chi connectivity index (χ3n) is 2.82. The summed E-state index contributed by atoms with van der Waals surface area (Å²) in [5.41, 5.74) is 1.55. The fraction of sp³-hybridized carbons (Fsp3) is 0.357. The van der Waals surface area contributed by atoms with Crippen molar-refractivity contribution < 1.29 is 4.39 Å². The van der Waals surface area contributed by atoms with E-state index < -0.39 is 0 Å². The van der Waals surface area contributed by atoms with Crippen molar-refractivity contribution in [1.29, 1.82) is 0 Å². The third kappa shape index (κ3) is 2.48. The lowest BCUT2D eigenvalue weighted by molar-refractivity contribution is 0.636. The second-order valence-electron chi connectivity index (χ2n) is 4.20. The Morgan fingerprint density at radius 2 is 2.11 bits per heavy atom. The first-order valence-electron chi connectivity index (χ1n) is 6.18. The Kier molecular flexibility index (Phi) is 4.17. The molecule has 2 nitrogen and oxygen atoms in total. The molecule has 1 heterocycles. The van der Waals surface area contributed by atoms with Gasteiger partial charge in [0.05, 0.1) is 0 Å². The maximum atomic E-state index is 13.8. The number of nitrogens with one attached hydrogen (secondary N) is 1. The monoisotopic (exact) mass is 310 g/mol. The van der Waals surface area contributed by atoms with Crippen molar-refractivity contribution in [2.45, 2.75) is 26.7 Å². The minimum atomic E-state index is -0.282. The molecule has 0 bridgehead atoms. The molecule has 0 atom stereocenters. The average molecular weight is 311 g/mol. The van der Waals surface area contributed by atoms with Gasteiger partial charge in [0.25, 0.3) is 0 Å².